The van der Waals surface area contributed by atoms with Gasteiger partial charge in [0.1, 0.15) is 5.82 Å². The third kappa shape index (κ3) is 1.76. The lowest BCUT2D eigenvalue weighted by atomic mass is 10.00. The number of pyridine rings is 1. The number of aliphatic hydroxyl groups is 1. The summed E-state index contributed by atoms with van der Waals surface area (Å²) < 4.78 is 0. The van der Waals surface area contributed by atoms with Gasteiger partial charge in [-0.25, -0.2) is 4.98 Å². The molecule has 17 heavy (non-hydrogen) atoms. The molecule has 3 unspecified atom stereocenters. The predicted octanol–water partition coefficient (Wildman–Crippen LogP) is 1.18. The second kappa shape index (κ2) is 3.88. The van der Waals surface area contributed by atoms with E-state index >= 15 is 0 Å². The largest absolute Gasteiger partial charge is 0.398 e. The molecule has 0 aromatic carbocycles. The first-order chi connectivity index (χ1) is 8.15. The summed E-state index contributed by atoms with van der Waals surface area (Å²) in [5.41, 5.74) is 7.74. The molecule has 0 amide bonds. The average molecular weight is 233 g/mol. The van der Waals surface area contributed by atoms with E-state index in [-0.39, 0.29) is 6.10 Å². The fourth-order valence-electron chi connectivity index (χ4n) is 3.12. The summed E-state index contributed by atoms with van der Waals surface area (Å²) in [7, 11) is 0. The smallest absolute Gasteiger partial charge is 0.130 e. The Morgan fingerprint density at radius 2 is 2.24 bits per heavy atom. The van der Waals surface area contributed by atoms with E-state index in [1.807, 2.05) is 19.2 Å². The molecule has 2 aliphatic rings. The van der Waals surface area contributed by atoms with E-state index < -0.39 is 0 Å². The first-order valence-electron chi connectivity index (χ1n) is 6.30. The minimum Gasteiger partial charge on any atom is -0.398 e. The summed E-state index contributed by atoms with van der Waals surface area (Å²) in [6.07, 6.45) is 3.82. The first-order valence-corrected chi connectivity index (χ1v) is 6.30. The van der Waals surface area contributed by atoms with Crippen LogP contribution >= 0.6 is 0 Å². The third-order valence-corrected chi connectivity index (χ3v) is 4.27. The standard InChI is InChI=1S/C13H19N3O/c1-8-5-15-13(4-11(8)14)16-6-9-2-3-12(17)10(9)7-16/h4-5,9-10,12,17H,2-3,6-7H2,1H3,(H2,14,15). The number of fused-ring (bicyclic) bond motifs is 1. The summed E-state index contributed by atoms with van der Waals surface area (Å²) in [4.78, 5) is 6.70. The normalized spacial score (nSPS) is 31.9. The molecule has 0 spiro atoms. The van der Waals surface area contributed by atoms with Crippen LogP contribution in [0.3, 0.4) is 0 Å². The maximum atomic E-state index is 9.89. The van der Waals surface area contributed by atoms with Crippen molar-refractivity contribution in [3.63, 3.8) is 0 Å². The second-order valence-corrected chi connectivity index (χ2v) is 5.37. The van der Waals surface area contributed by atoms with Gasteiger partial charge in [0.25, 0.3) is 0 Å². The first kappa shape index (κ1) is 10.8. The molecule has 0 radical (unpaired) electrons. The molecule has 4 nitrogen and oxygen atoms in total. The van der Waals surface area contributed by atoms with Crippen LogP contribution in [0.2, 0.25) is 0 Å². The Balaban J connectivity index is 1.80. The number of rotatable bonds is 1. The fraction of sp³-hybridized carbons (Fsp3) is 0.615. The molecule has 92 valence electrons. The van der Waals surface area contributed by atoms with E-state index in [0.29, 0.717) is 11.8 Å². The molecule has 1 aromatic heterocycles. The number of nitrogens with zero attached hydrogens (tertiary/aromatic N) is 2. The van der Waals surface area contributed by atoms with Crippen LogP contribution in [0.15, 0.2) is 12.3 Å². The number of nitrogens with two attached hydrogens (primary N) is 1. The number of aromatic nitrogens is 1. The van der Waals surface area contributed by atoms with Crippen molar-refractivity contribution >= 4 is 11.5 Å². The van der Waals surface area contributed by atoms with Crippen molar-refractivity contribution in [1.82, 2.24) is 4.98 Å². The van der Waals surface area contributed by atoms with Gasteiger partial charge < -0.3 is 15.7 Å². The number of nitrogen functional groups attached to an aromatic ring is 1. The van der Waals surface area contributed by atoms with Crippen LogP contribution in [0.4, 0.5) is 11.5 Å². The number of anilines is 2. The highest BCUT2D eigenvalue weighted by Crippen LogP contribution is 2.39. The topological polar surface area (TPSA) is 62.4 Å². The van der Waals surface area contributed by atoms with Gasteiger partial charge in [-0.15, -0.1) is 0 Å². The van der Waals surface area contributed by atoms with E-state index in [4.69, 9.17) is 5.73 Å². The quantitative estimate of drug-likeness (QED) is 0.764. The lowest BCUT2D eigenvalue weighted by Gasteiger charge is -2.20. The summed E-state index contributed by atoms with van der Waals surface area (Å²) in [5, 5.41) is 9.89. The van der Waals surface area contributed by atoms with E-state index in [0.717, 1.165) is 43.0 Å². The highest BCUT2D eigenvalue weighted by molar-refractivity contribution is 5.55. The Morgan fingerprint density at radius 3 is 2.94 bits per heavy atom. The summed E-state index contributed by atoms with van der Waals surface area (Å²) in [6.45, 7) is 3.90. The van der Waals surface area contributed by atoms with Crippen LogP contribution < -0.4 is 10.6 Å². The van der Waals surface area contributed by atoms with Gasteiger partial charge in [-0.1, -0.05) is 0 Å². The Labute approximate surface area is 101 Å². The minimum absolute atomic E-state index is 0.118. The van der Waals surface area contributed by atoms with Gasteiger partial charge in [0.2, 0.25) is 0 Å². The van der Waals surface area contributed by atoms with Crippen LogP contribution in [0.1, 0.15) is 18.4 Å². The SMILES string of the molecule is Cc1cnc(N2CC3CCC(O)C3C2)cc1N. The van der Waals surface area contributed by atoms with Crippen molar-refractivity contribution in [2.45, 2.75) is 25.9 Å². The average Bonchev–Trinajstić information content (AvgIpc) is 2.86. The molecule has 2 heterocycles. The van der Waals surface area contributed by atoms with Crippen LogP contribution in [0.25, 0.3) is 0 Å². The van der Waals surface area contributed by atoms with E-state index in [2.05, 4.69) is 9.88 Å². The number of aryl methyl sites for hydroxylation is 1. The predicted molar refractivity (Wildman–Crippen MR) is 67.8 cm³/mol. The van der Waals surface area contributed by atoms with Crippen LogP contribution in [0, 0.1) is 18.8 Å². The summed E-state index contributed by atoms with van der Waals surface area (Å²) >= 11 is 0. The molecule has 0 bridgehead atoms. The Bertz CT molecular complexity index is 435. The lowest BCUT2D eigenvalue weighted by molar-refractivity contribution is 0.133. The molecular formula is C13H19N3O. The maximum absolute atomic E-state index is 9.89. The molecule has 1 aliphatic heterocycles. The van der Waals surface area contributed by atoms with Gasteiger partial charge in [-0.05, 0) is 31.2 Å². The van der Waals surface area contributed by atoms with Crippen molar-refractivity contribution in [2.24, 2.45) is 11.8 Å². The molecule has 1 saturated carbocycles. The number of hydrogen-bond acceptors (Lipinski definition) is 4. The third-order valence-electron chi connectivity index (χ3n) is 4.27. The number of aliphatic hydroxyl groups excluding tert-OH is 1. The highest BCUT2D eigenvalue weighted by Gasteiger charge is 2.42. The molecule has 1 aromatic rings. The van der Waals surface area contributed by atoms with Gasteiger partial charge >= 0.3 is 0 Å². The molecule has 3 atom stereocenters. The van der Waals surface area contributed by atoms with E-state index in [9.17, 15) is 5.11 Å². The molecule has 1 aliphatic carbocycles. The molecular weight excluding hydrogens is 214 g/mol. The van der Waals surface area contributed by atoms with Gasteiger partial charge in [-0.3, -0.25) is 0 Å². The maximum Gasteiger partial charge on any atom is 0.130 e. The van der Waals surface area contributed by atoms with Crippen molar-refractivity contribution in [2.75, 3.05) is 23.7 Å². The molecule has 4 heteroatoms. The highest BCUT2D eigenvalue weighted by atomic mass is 16.3. The lowest BCUT2D eigenvalue weighted by Crippen LogP contribution is -2.25. The van der Waals surface area contributed by atoms with Gasteiger partial charge in [0.15, 0.2) is 0 Å². The number of hydrogen-bond donors (Lipinski definition) is 2. The van der Waals surface area contributed by atoms with Gasteiger partial charge in [-0.2, -0.15) is 0 Å². The second-order valence-electron chi connectivity index (χ2n) is 5.37. The zero-order valence-corrected chi connectivity index (χ0v) is 10.1. The van der Waals surface area contributed by atoms with Crippen LogP contribution in [0.5, 0.6) is 0 Å². The molecule has 1 saturated heterocycles. The van der Waals surface area contributed by atoms with Crippen LogP contribution in [-0.2, 0) is 0 Å². The van der Waals surface area contributed by atoms with Crippen molar-refractivity contribution in [3.8, 4) is 0 Å². The molecule has 3 N–H and O–H groups in total. The molecule has 3 rings (SSSR count). The molecule has 2 fully saturated rings. The van der Waals surface area contributed by atoms with Gasteiger partial charge in [0.05, 0.1) is 6.10 Å². The van der Waals surface area contributed by atoms with E-state index in [1.165, 1.54) is 0 Å². The Morgan fingerprint density at radius 1 is 1.41 bits per heavy atom. The zero-order valence-electron chi connectivity index (χ0n) is 10.1. The van der Waals surface area contributed by atoms with Gasteiger partial charge in [0, 0.05) is 37.0 Å². The Hall–Kier alpha value is -1.29. The van der Waals surface area contributed by atoms with Crippen LogP contribution in [-0.4, -0.2) is 29.3 Å². The van der Waals surface area contributed by atoms with Crippen molar-refractivity contribution in [3.05, 3.63) is 17.8 Å². The summed E-state index contributed by atoms with van der Waals surface area (Å²) in [6, 6.07) is 1.95. The minimum atomic E-state index is -0.118. The monoisotopic (exact) mass is 233 g/mol. The van der Waals surface area contributed by atoms with Crippen molar-refractivity contribution < 1.29 is 5.11 Å². The summed E-state index contributed by atoms with van der Waals surface area (Å²) in [5.74, 6) is 2.02. The van der Waals surface area contributed by atoms with Crippen molar-refractivity contribution in [1.29, 1.82) is 0 Å². The fourth-order valence-corrected chi connectivity index (χ4v) is 3.12. The Kier molecular flexibility index (Phi) is 2.47. The van der Waals surface area contributed by atoms with E-state index in [1.54, 1.807) is 0 Å². The zero-order chi connectivity index (χ0) is 12.0.